The molecule has 12 heteroatoms. The predicted octanol–water partition coefficient (Wildman–Crippen LogP) is 7.75. The zero-order valence-corrected chi connectivity index (χ0v) is 29.8. The lowest BCUT2D eigenvalue weighted by atomic mass is 10.1. The molecule has 2 fully saturated rings. The van der Waals surface area contributed by atoms with Crippen LogP contribution in [-0.2, 0) is 6.54 Å². The molecular formula is C34H42BrClF2N2O5Si. The van der Waals surface area contributed by atoms with Gasteiger partial charge in [-0.15, -0.1) is 37.2 Å². The van der Waals surface area contributed by atoms with Crippen molar-refractivity contribution >= 4 is 49.0 Å². The Balaban J connectivity index is 0.000000573. The fraction of sp³-hybridized carbons (Fsp3) is 0.412. The fourth-order valence-electron chi connectivity index (χ4n) is 3.49. The van der Waals surface area contributed by atoms with Crippen LogP contribution in [0.2, 0.25) is 19.6 Å². The Hall–Kier alpha value is -3.37. The van der Waals surface area contributed by atoms with Crippen molar-refractivity contribution in [1.29, 1.82) is 0 Å². The number of hydrogen-bond acceptors (Lipinski definition) is 7. The van der Waals surface area contributed by atoms with Gasteiger partial charge in [0.1, 0.15) is 26.2 Å². The quantitative estimate of drug-likeness (QED) is 0.166. The number of terminal acetylenes is 3. The van der Waals surface area contributed by atoms with Crippen molar-refractivity contribution in [1.82, 2.24) is 10.2 Å². The minimum atomic E-state index is -1.10. The number of carbonyl (C=O) groups excluding carboxylic acids is 2. The maximum atomic E-state index is 12.9. The molecule has 0 amide bonds. The molecule has 2 saturated heterocycles. The van der Waals surface area contributed by atoms with E-state index in [0.717, 1.165) is 38.5 Å². The Kier molecular flexibility index (Phi) is 22.1. The summed E-state index contributed by atoms with van der Waals surface area (Å²) in [5.74, 6) is 7.12. The summed E-state index contributed by atoms with van der Waals surface area (Å²) in [5, 5.41) is 3.08. The molecule has 0 atom stereocenters. The summed E-state index contributed by atoms with van der Waals surface area (Å²) in [5.41, 5.74) is 2.74. The second-order valence-corrected chi connectivity index (χ2v) is 16.5. The van der Waals surface area contributed by atoms with Gasteiger partial charge in [0, 0.05) is 13.1 Å². The third-order valence-corrected chi connectivity index (χ3v) is 7.29. The largest absolute Gasteiger partial charge is 0.451 e. The number of likely N-dealkylation sites (tertiary alicyclic amines) is 1. The molecule has 7 nitrogen and oxygen atoms in total. The number of piperidine rings is 2. The highest BCUT2D eigenvalue weighted by Crippen LogP contribution is 2.17. The van der Waals surface area contributed by atoms with Crippen LogP contribution in [0.15, 0.2) is 54.3 Å². The molecule has 0 aromatic carbocycles. The maximum absolute atomic E-state index is 12.9. The Bertz CT molecular complexity index is 1400. The van der Waals surface area contributed by atoms with Crippen molar-refractivity contribution in [3.8, 4) is 36.7 Å². The van der Waals surface area contributed by atoms with E-state index in [9.17, 15) is 18.4 Å². The van der Waals surface area contributed by atoms with Crippen LogP contribution in [0, 0.1) is 36.7 Å². The van der Waals surface area contributed by atoms with Gasteiger partial charge < -0.3 is 18.6 Å². The minimum absolute atomic E-state index is 0. The lowest BCUT2D eigenvalue weighted by Gasteiger charge is -2.27. The van der Waals surface area contributed by atoms with Crippen molar-refractivity contribution in [3.05, 3.63) is 69.9 Å². The molecule has 0 saturated carbocycles. The van der Waals surface area contributed by atoms with Crippen molar-refractivity contribution in [3.63, 3.8) is 0 Å². The van der Waals surface area contributed by atoms with Crippen LogP contribution in [-0.4, -0.2) is 64.1 Å². The molecule has 46 heavy (non-hydrogen) atoms. The zero-order valence-electron chi connectivity index (χ0n) is 26.4. The van der Waals surface area contributed by atoms with Gasteiger partial charge in [-0.1, -0.05) is 19.6 Å². The van der Waals surface area contributed by atoms with Gasteiger partial charge >= 0.3 is 0 Å². The molecule has 0 aliphatic carbocycles. The number of nitrogens with one attached hydrogen (secondary N) is 1. The van der Waals surface area contributed by atoms with Crippen molar-refractivity contribution in [2.75, 3.05) is 26.2 Å². The summed E-state index contributed by atoms with van der Waals surface area (Å²) in [4.78, 5) is 22.1. The van der Waals surface area contributed by atoms with E-state index in [-0.39, 0.29) is 18.2 Å². The molecule has 2 aliphatic heterocycles. The summed E-state index contributed by atoms with van der Waals surface area (Å²) >= 11 is 3.05. The Morgan fingerprint density at radius 1 is 0.848 bits per heavy atom. The highest BCUT2D eigenvalue weighted by Gasteiger charge is 2.19. The highest BCUT2D eigenvalue weighted by atomic mass is 79.9. The van der Waals surface area contributed by atoms with E-state index in [0.29, 0.717) is 60.2 Å². The van der Waals surface area contributed by atoms with Gasteiger partial charge in [-0.25, -0.2) is 8.78 Å². The molecule has 5 rings (SSSR count). The van der Waals surface area contributed by atoms with E-state index in [4.69, 9.17) is 32.5 Å². The van der Waals surface area contributed by atoms with Crippen molar-refractivity contribution in [2.45, 2.75) is 64.2 Å². The average molecular weight is 740 g/mol. The topological polar surface area (TPSA) is 88.8 Å². The first-order valence-electron chi connectivity index (χ1n) is 14.4. The number of aldehydes is 2. The van der Waals surface area contributed by atoms with E-state index < -0.39 is 20.4 Å². The molecule has 0 radical (unpaired) electrons. The van der Waals surface area contributed by atoms with Crippen molar-refractivity contribution < 1.29 is 31.6 Å². The van der Waals surface area contributed by atoms with Crippen molar-refractivity contribution in [2.24, 2.45) is 0 Å². The second-order valence-electron chi connectivity index (χ2n) is 10.9. The molecular weight excluding hydrogens is 698 g/mol. The van der Waals surface area contributed by atoms with Crippen LogP contribution in [0.25, 0.3) is 0 Å². The molecule has 2 aliphatic rings. The van der Waals surface area contributed by atoms with E-state index >= 15 is 0 Å². The number of alkyl halides is 2. The Morgan fingerprint density at radius 3 is 1.67 bits per heavy atom. The van der Waals surface area contributed by atoms with Crippen LogP contribution in [0.3, 0.4) is 0 Å². The monoisotopic (exact) mass is 738 g/mol. The Morgan fingerprint density at radius 2 is 1.33 bits per heavy atom. The van der Waals surface area contributed by atoms with Crippen LogP contribution in [0.1, 0.15) is 64.1 Å². The zero-order chi connectivity index (χ0) is 33.7. The molecule has 1 N–H and O–H groups in total. The average Bonchev–Trinajstić information content (AvgIpc) is 3.81. The van der Waals surface area contributed by atoms with Crippen LogP contribution in [0.5, 0.6) is 0 Å². The summed E-state index contributed by atoms with van der Waals surface area (Å²) in [6.07, 6.45) is 18.1. The van der Waals surface area contributed by atoms with E-state index in [2.05, 4.69) is 63.2 Å². The molecule has 3 aromatic rings. The summed E-state index contributed by atoms with van der Waals surface area (Å²) < 4.78 is 40.6. The Labute approximate surface area is 286 Å². The van der Waals surface area contributed by atoms with Gasteiger partial charge in [0.25, 0.3) is 0 Å². The van der Waals surface area contributed by atoms with Crippen LogP contribution >= 0.6 is 28.3 Å². The first-order chi connectivity index (χ1) is 21.4. The molecule has 0 bridgehead atoms. The van der Waals surface area contributed by atoms with Gasteiger partial charge in [-0.3, -0.25) is 14.5 Å². The maximum Gasteiger partial charge on any atom is 0.185 e. The minimum Gasteiger partial charge on any atom is -0.451 e. The normalized spacial score (nSPS) is 14.6. The third-order valence-electron chi connectivity index (χ3n) is 6.00. The van der Waals surface area contributed by atoms with Crippen LogP contribution < -0.4 is 5.32 Å². The molecule has 0 unspecified atom stereocenters. The standard InChI is InChI=1S/C12H14FNO.C7H4O2.C5H3BrO2.C5H10FN.C5H10Si.ClH/c1-2-11-3-4-12(15-11)9-14-7-5-10(13)6-8-14;1-2-6-3-4-7(5-8)9-6;6-5-2-1-4(3-7)8-5;6-5-1-3-7-4-2-5;1-5-6(2,3)4;/h1,3-4,10H,5-9H2;1,3-5H;1-3H;5,7H,1-4H2;1H,2-4H3;1H. The number of halogens is 4. The van der Waals surface area contributed by atoms with Gasteiger partial charge in [0.05, 0.1) is 6.54 Å². The summed E-state index contributed by atoms with van der Waals surface area (Å²) in [7, 11) is -1.10. The molecule has 250 valence electrons. The summed E-state index contributed by atoms with van der Waals surface area (Å²) in [6, 6.07) is 10.0. The third kappa shape index (κ3) is 19.9. The second kappa shape index (κ2) is 23.9. The number of rotatable bonds is 4. The van der Waals surface area contributed by atoms with Gasteiger partial charge in [-0.05, 0) is 103 Å². The molecule has 5 heterocycles. The summed E-state index contributed by atoms with van der Waals surface area (Å²) in [6.45, 7) is 10.5. The fourth-order valence-corrected chi connectivity index (χ4v) is 3.81. The molecule has 3 aromatic heterocycles. The number of nitrogens with zero attached hydrogens (tertiary/aromatic N) is 1. The number of hydrogen-bond donors (Lipinski definition) is 1. The van der Waals surface area contributed by atoms with Gasteiger partial charge in [-0.2, -0.15) is 0 Å². The van der Waals surface area contributed by atoms with E-state index in [1.54, 1.807) is 24.3 Å². The van der Waals surface area contributed by atoms with E-state index in [1.807, 2.05) is 6.07 Å². The lowest BCUT2D eigenvalue weighted by Crippen LogP contribution is -2.33. The van der Waals surface area contributed by atoms with Gasteiger partial charge in [0.15, 0.2) is 40.3 Å². The van der Waals surface area contributed by atoms with Crippen LogP contribution in [0.4, 0.5) is 8.78 Å². The highest BCUT2D eigenvalue weighted by molar-refractivity contribution is 9.10. The smallest absolute Gasteiger partial charge is 0.185 e. The first kappa shape index (κ1) is 42.6. The number of furan rings is 3. The van der Waals surface area contributed by atoms with E-state index in [1.165, 1.54) is 6.07 Å². The lowest BCUT2D eigenvalue weighted by molar-refractivity contribution is 0.109. The van der Waals surface area contributed by atoms with Gasteiger partial charge in [0.2, 0.25) is 0 Å². The first-order valence-corrected chi connectivity index (χ1v) is 18.7. The SMILES string of the molecule is C#C[Si](C)(C)C.C#Cc1ccc(C=O)o1.C#Cc1ccc(CN2CCC(F)CC2)o1.Cl.FC1CCNCC1.O=Cc1ccc(Br)o1. The molecule has 0 spiro atoms. The number of carbonyl (C=O) groups is 2. The predicted molar refractivity (Wildman–Crippen MR) is 186 cm³/mol.